The van der Waals surface area contributed by atoms with Gasteiger partial charge in [-0.05, 0) is 23.6 Å². The van der Waals surface area contributed by atoms with Crippen LogP contribution in [0.5, 0.6) is 0 Å². The summed E-state index contributed by atoms with van der Waals surface area (Å²) in [4.78, 5) is 48.7. The Labute approximate surface area is 183 Å². The summed E-state index contributed by atoms with van der Waals surface area (Å²) in [6.45, 7) is 0.217. The molecule has 0 aliphatic carbocycles. The Morgan fingerprint density at radius 3 is 2.37 bits per heavy atom. The first kappa shape index (κ1) is 23.6. The second-order valence-electron chi connectivity index (χ2n) is 6.17. The van der Waals surface area contributed by atoms with Gasteiger partial charge in [0.05, 0.1) is 11.3 Å². The van der Waals surface area contributed by atoms with Crippen LogP contribution in [0.4, 0.5) is 0 Å². The summed E-state index contributed by atoms with van der Waals surface area (Å²) in [5.41, 5.74) is 0. The van der Waals surface area contributed by atoms with Crippen LogP contribution in [0.1, 0.15) is 28.9 Å². The molecule has 0 spiro atoms. The Hall–Kier alpha value is -2.65. The van der Waals surface area contributed by atoms with Crippen LogP contribution in [-0.4, -0.2) is 49.0 Å². The minimum absolute atomic E-state index is 0.0399. The summed E-state index contributed by atoms with van der Waals surface area (Å²) in [6.07, 6.45) is 0.149. The van der Waals surface area contributed by atoms with Gasteiger partial charge in [-0.15, -0.1) is 23.1 Å². The van der Waals surface area contributed by atoms with Crippen molar-refractivity contribution in [2.45, 2.75) is 24.2 Å². The summed E-state index contributed by atoms with van der Waals surface area (Å²) in [7, 11) is 0. The predicted octanol–water partition coefficient (Wildman–Crippen LogP) is 2.67. The van der Waals surface area contributed by atoms with Crippen LogP contribution < -0.4 is 10.6 Å². The SMILES string of the molecule is O=C(CCC(=O)c1cccs1)NCCC(=O)OCC(=O)NCCSc1ccccc1. The molecular weight excluding hydrogens is 424 g/mol. The molecule has 7 nitrogen and oxygen atoms in total. The average molecular weight is 449 g/mol. The molecule has 0 fully saturated rings. The number of carbonyl (C=O) groups excluding carboxylic acids is 4. The summed E-state index contributed by atoms with van der Waals surface area (Å²) in [5, 5.41) is 7.06. The molecule has 2 N–H and O–H groups in total. The monoisotopic (exact) mass is 448 g/mol. The number of ether oxygens (including phenoxy) is 1. The lowest BCUT2D eigenvalue weighted by molar-refractivity contribution is -0.148. The molecule has 0 aliphatic rings. The normalized spacial score (nSPS) is 10.3. The quantitative estimate of drug-likeness (QED) is 0.211. The van der Waals surface area contributed by atoms with Crippen molar-refractivity contribution >= 4 is 46.7 Å². The molecule has 2 aromatic rings. The van der Waals surface area contributed by atoms with Crippen molar-refractivity contribution in [2.24, 2.45) is 0 Å². The number of thioether (sulfide) groups is 1. The Morgan fingerprint density at radius 2 is 1.63 bits per heavy atom. The second kappa shape index (κ2) is 13.6. The number of benzene rings is 1. The van der Waals surface area contributed by atoms with Crippen LogP contribution in [0.15, 0.2) is 52.7 Å². The minimum atomic E-state index is -0.571. The molecule has 2 amide bonds. The van der Waals surface area contributed by atoms with Gasteiger partial charge < -0.3 is 15.4 Å². The summed E-state index contributed by atoms with van der Waals surface area (Å²) < 4.78 is 4.89. The summed E-state index contributed by atoms with van der Waals surface area (Å²) in [5.74, 6) is -0.605. The number of ketones is 1. The second-order valence-corrected chi connectivity index (χ2v) is 8.29. The summed E-state index contributed by atoms with van der Waals surface area (Å²) in [6, 6.07) is 13.3. The van der Waals surface area contributed by atoms with Crippen LogP contribution in [0.2, 0.25) is 0 Å². The molecule has 0 saturated carbocycles. The van der Waals surface area contributed by atoms with Gasteiger partial charge in [0.1, 0.15) is 0 Å². The number of nitrogens with one attached hydrogen (secondary N) is 2. The number of amides is 2. The number of Topliss-reactive ketones (excluding diaryl/α,β-unsaturated/α-hetero) is 1. The number of hydrogen-bond donors (Lipinski definition) is 2. The molecule has 1 heterocycles. The zero-order chi connectivity index (χ0) is 21.6. The molecule has 2 rings (SSSR count). The fourth-order valence-corrected chi connectivity index (χ4v) is 3.81. The molecule has 9 heteroatoms. The number of hydrogen-bond acceptors (Lipinski definition) is 7. The van der Waals surface area contributed by atoms with Crippen LogP contribution >= 0.6 is 23.1 Å². The maximum absolute atomic E-state index is 11.8. The number of carbonyl (C=O) groups is 4. The lowest BCUT2D eigenvalue weighted by Gasteiger charge is -2.07. The molecule has 1 aromatic heterocycles. The lowest BCUT2D eigenvalue weighted by Crippen LogP contribution is -2.31. The van der Waals surface area contributed by atoms with Crippen LogP contribution in [0, 0.1) is 0 Å². The van der Waals surface area contributed by atoms with Crippen LogP contribution in [0.25, 0.3) is 0 Å². The molecule has 0 saturated heterocycles. The molecule has 160 valence electrons. The molecule has 0 bridgehead atoms. The van der Waals surface area contributed by atoms with Crippen molar-refractivity contribution in [3.63, 3.8) is 0 Å². The highest BCUT2D eigenvalue weighted by Crippen LogP contribution is 2.15. The topological polar surface area (TPSA) is 102 Å². The van der Waals surface area contributed by atoms with E-state index in [4.69, 9.17) is 4.74 Å². The Balaban J connectivity index is 1.47. The van der Waals surface area contributed by atoms with Crippen LogP contribution in [-0.2, 0) is 19.1 Å². The highest BCUT2D eigenvalue weighted by atomic mass is 32.2. The third-order valence-corrected chi connectivity index (χ3v) is 5.75. The third-order valence-electron chi connectivity index (χ3n) is 3.83. The highest BCUT2D eigenvalue weighted by Gasteiger charge is 2.11. The van der Waals surface area contributed by atoms with E-state index in [0.29, 0.717) is 17.2 Å². The summed E-state index contributed by atoms with van der Waals surface area (Å²) >= 11 is 2.96. The Bertz CT molecular complexity index is 825. The van der Waals surface area contributed by atoms with E-state index in [1.807, 2.05) is 35.7 Å². The lowest BCUT2D eigenvalue weighted by atomic mass is 10.2. The average Bonchev–Trinajstić information content (AvgIpc) is 3.29. The van der Waals surface area contributed by atoms with E-state index in [0.717, 1.165) is 4.90 Å². The predicted molar refractivity (Wildman–Crippen MR) is 117 cm³/mol. The van der Waals surface area contributed by atoms with Crippen molar-refractivity contribution in [3.05, 3.63) is 52.7 Å². The first-order valence-electron chi connectivity index (χ1n) is 9.48. The van der Waals surface area contributed by atoms with E-state index < -0.39 is 5.97 Å². The van der Waals surface area contributed by atoms with E-state index in [-0.39, 0.29) is 50.0 Å². The first-order valence-corrected chi connectivity index (χ1v) is 11.3. The maximum Gasteiger partial charge on any atom is 0.308 e. The van der Waals surface area contributed by atoms with Crippen molar-refractivity contribution in [2.75, 3.05) is 25.4 Å². The van der Waals surface area contributed by atoms with Gasteiger partial charge in [0.15, 0.2) is 12.4 Å². The zero-order valence-electron chi connectivity index (χ0n) is 16.4. The minimum Gasteiger partial charge on any atom is -0.456 e. The van der Waals surface area contributed by atoms with Gasteiger partial charge in [-0.1, -0.05) is 24.3 Å². The van der Waals surface area contributed by atoms with Crippen molar-refractivity contribution in [1.29, 1.82) is 0 Å². The maximum atomic E-state index is 11.8. The molecule has 0 radical (unpaired) electrons. The smallest absolute Gasteiger partial charge is 0.308 e. The molecule has 1 aromatic carbocycles. The van der Waals surface area contributed by atoms with E-state index in [9.17, 15) is 19.2 Å². The van der Waals surface area contributed by atoms with Gasteiger partial charge in [-0.2, -0.15) is 0 Å². The van der Waals surface area contributed by atoms with Gasteiger partial charge in [0.25, 0.3) is 5.91 Å². The van der Waals surface area contributed by atoms with Crippen molar-refractivity contribution < 1.29 is 23.9 Å². The standard InChI is InChI=1S/C21H24N2O5S2/c24-17(18-7-4-13-30-18)8-9-19(25)22-11-10-21(27)28-15-20(26)23-12-14-29-16-5-2-1-3-6-16/h1-7,13H,8-12,14-15H2,(H,22,25)(H,23,26). The Kier molecular flexibility index (Phi) is 10.7. The third kappa shape index (κ3) is 9.71. The largest absolute Gasteiger partial charge is 0.456 e. The first-order chi connectivity index (χ1) is 14.5. The molecule has 0 unspecified atom stereocenters. The van der Waals surface area contributed by atoms with Gasteiger partial charge in [0, 0.05) is 36.6 Å². The van der Waals surface area contributed by atoms with Gasteiger partial charge in [-0.25, -0.2) is 0 Å². The molecule has 0 atom stereocenters. The van der Waals surface area contributed by atoms with Crippen molar-refractivity contribution in [1.82, 2.24) is 10.6 Å². The van der Waals surface area contributed by atoms with E-state index >= 15 is 0 Å². The van der Waals surface area contributed by atoms with E-state index in [1.54, 1.807) is 23.9 Å². The van der Waals surface area contributed by atoms with Gasteiger partial charge in [0.2, 0.25) is 5.91 Å². The Morgan fingerprint density at radius 1 is 0.867 bits per heavy atom. The van der Waals surface area contributed by atoms with Gasteiger partial charge >= 0.3 is 5.97 Å². The van der Waals surface area contributed by atoms with Gasteiger partial charge in [-0.3, -0.25) is 19.2 Å². The highest BCUT2D eigenvalue weighted by molar-refractivity contribution is 7.99. The number of thiophene rings is 1. The fraction of sp³-hybridized carbons (Fsp3) is 0.333. The number of rotatable bonds is 13. The van der Waals surface area contributed by atoms with E-state index in [2.05, 4.69) is 10.6 Å². The molecular formula is C21H24N2O5S2. The molecule has 0 aliphatic heterocycles. The van der Waals surface area contributed by atoms with E-state index in [1.165, 1.54) is 11.3 Å². The van der Waals surface area contributed by atoms with Crippen molar-refractivity contribution in [3.8, 4) is 0 Å². The fourth-order valence-electron chi connectivity index (χ4n) is 2.33. The zero-order valence-corrected chi connectivity index (χ0v) is 18.1. The molecule has 30 heavy (non-hydrogen) atoms. The van der Waals surface area contributed by atoms with Crippen LogP contribution in [0.3, 0.4) is 0 Å². The number of esters is 1.